The SMILES string of the molecule is c1ccc(-c2ccc(N(c3ccc(-c4ccc5oc6ccc7oc(-c8ccccc8)nc7c6c5c4)cc3)c3ccc(-c4ccccc4)c4ccccc34)cc2)cc1. The largest absolute Gasteiger partial charge is 0.456 e. The van der Waals surface area contributed by atoms with Crippen LogP contribution in [0, 0.1) is 0 Å². The summed E-state index contributed by atoms with van der Waals surface area (Å²) in [7, 11) is 0. The van der Waals surface area contributed by atoms with Crippen molar-refractivity contribution in [2.75, 3.05) is 4.90 Å². The van der Waals surface area contributed by atoms with E-state index in [0.29, 0.717) is 5.89 Å². The first kappa shape index (κ1) is 32.7. The Bertz CT molecular complexity index is 3200. The number of benzene rings is 9. The third-order valence-electron chi connectivity index (χ3n) is 10.9. The van der Waals surface area contributed by atoms with Gasteiger partial charge in [-0.05, 0) is 105 Å². The van der Waals surface area contributed by atoms with Gasteiger partial charge in [-0.15, -0.1) is 0 Å². The van der Waals surface area contributed by atoms with E-state index in [2.05, 4.69) is 169 Å². The fourth-order valence-electron chi connectivity index (χ4n) is 8.15. The Morgan fingerprint density at radius 2 is 0.877 bits per heavy atom. The molecule has 0 saturated carbocycles. The van der Waals surface area contributed by atoms with Gasteiger partial charge in [0.25, 0.3) is 0 Å². The van der Waals surface area contributed by atoms with Gasteiger partial charge in [-0.25, -0.2) is 4.98 Å². The van der Waals surface area contributed by atoms with E-state index in [0.717, 1.165) is 66.8 Å². The van der Waals surface area contributed by atoms with Crippen molar-refractivity contribution in [1.82, 2.24) is 4.98 Å². The van der Waals surface area contributed by atoms with Crippen LogP contribution in [0.5, 0.6) is 0 Å². The number of oxazole rings is 1. The quantitative estimate of drug-likeness (QED) is 0.164. The van der Waals surface area contributed by atoms with Gasteiger partial charge in [0.15, 0.2) is 5.58 Å². The lowest BCUT2D eigenvalue weighted by molar-refractivity contribution is 0.619. The highest BCUT2D eigenvalue weighted by molar-refractivity contribution is 6.17. The summed E-state index contributed by atoms with van der Waals surface area (Å²) in [4.78, 5) is 7.33. The Hall–Kier alpha value is -7.69. The number of hydrogen-bond acceptors (Lipinski definition) is 4. The minimum atomic E-state index is 0.598. The molecule has 57 heavy (non-hydrogen) atoms. The van der Waals surface area contributed by atoms with Gasteiger partial charge < -0.3 is 13.7 Å². The second-order valence-electron chi connectivity index (χ2n) is 14.3. The van der Waals surface area contributed by atoms with E-state index in [1.165, 1.54) is 33.0 Å². The van der Waals surface area contributed by atoms with E-state index in [-0.39, 0.29) is 0 Å². The van der Waals surface area contributed by atoms with Crippen LogP contribution in [-0.2, 0) is 0 Å². The summed E-state index contributed by atoms with van der Waals surface area (Å²) in [6.07, 6.45) is 0. The molecule has 11 aromatic rings. The maximum atomic E-state index is 6.33. The maximum Gasteiger partial charge on any atom is 0.227 e. The van der Waals surface area contributed by atoms with Crippen molar-refractivity contribution in [3.8, 4) is 44.8 Å². The first-order valence-corrected chi connectivity index (χ1v) is 19.2. The summed E-state index contributed by atoms with van der Waals surface area (Å²) in [6.45, 7) is 0. The van der Waals surface area contributed by atoms with Gasteiger partial charge in [-0.2, -0.15) is 0 Å². The lowest BCUT2D eigenvalue weighted by atomic mass is 9.96. The molecule has 0 atom stereocenters. The van der Waals surface area contributed by atoms with Crippen LogP contribution in [0.4, 0.5) is 17.1 Å². The van der Waals surface area contributed by atoms with Crippen molar-refractivity contribution in [1.29, 1.82) is 0 Å². The fraction of sp³-hybridized carbons (Fsp3) is 0. The molecule has 268 valence electrons. The molecular weight excluding hydrogens is 697 g/mol. The van der Waals surface area contributed by atoms with Crippen LogP contribution < -0.4 is 4.90 Å². The molecule has 0 aliphatic rings. The summed E-state index contributed by atoms with van der Waals surface area (Å²) in [5, 5.41) is 4.36. The summed E-state index contributed by atoms with van der Waals surface area (Å²) in [6, 6.07) is 72.5. The number of nitrogens with zero attached hydrogens (tertiary/aromatic N) is 2. The molecular formula is C53H34N2O2. The number of aromatic nitrogens is 1. The highest BCUT2D eigenvalue weighted by Gasteiger charge is 2.20. The standard InChI is InChI=1S/C53H34N2O2/c1-4-12-35(13-5-1)36-20-25-41(26-21-36)55(47-30-29-43(38-14-6-2-7-15-38)44-18-10-11-19-45(44)47)42-27-22-37(23-28-42)40-24-31-48-46(34-40)51-49(56-48)32-33-50-52(51)54-53(57-50)39-16-8-3-9-17-39/h1-34H. The van der Waals surface area contributed by atoms with E-state index in [4.69, 9.17) is 13.8 Å². The van der Waals surface area contributed by atoms with Crippen LogP contribution in [0.2, 0.25) is 0 Å². The molecule has 2 heterocycles. The van der Waals surface area contributed by atoms with Crippen LogP contribution in [0.1, 0.15) is 0 Å². The molecule has 0 unspecified atom stereocenters. The van der Waals surface area contributed by atoms with Gasteiger partial charge in [-0.1, -0.05) is 140 Å². The van der Waals surface area contributed by atoms with Crippen LogP contribution in [0.3, 0.4) is 0 Å². The molecule has 0 amide bonds. The Morgan fingerprint density at radius 3 is 1.56 bits per heavy atom. The van der Waals surface area contributed by atoms with E-state index in [1.54, 1.807) is 0 Å². The van der Waals surface area contributed by atoms with Gasteiger partial charge in [-0.3, -0.25) is 0 Å². The molecule has 0 fully saturated rings. The lowest BCUT2D eigenvalue weighted by Gasteiger charge is -2.28. The van der Waals surface area contributed by atoms with Gasteiger partial charge in [0.2, 0.25) is 5.89 Å². The Balaban J connectivity index is 1.02. The molecule has 0 spiro atoms. The van der Waals surface area contributed by atoms with E-state index in [1.807, 2.05) is 42.5 Å². The predicted molar refractivity (Wildman–Crippen MR) is 235 cm³/mol. The predicted octanol–water partition coefficient (Wildman–Crippen LogP) is 15.0. The molecule has 0 aliphatic heterocycles. The first-order valence-electron chi connectivity index (χ1n) is 19.2. The third kappa shape index (κ3) is 5.74. The first-order chi connectivity index (χ1) is 28.2. The fourth-order valence-corrected chi connectivity index (χ4v) is 8.15. The van der Waals surface area contributed by atoms with Crippen molar-refractivity contribution in [2.45, 2.75) is 0 Å². The minimum Gasteiger partial charge on any atom is -0.456 e. The third-order valence-corrected chi connectivity index (χ3v) is 10.9. The van der Waals surface area contributed by atoms with Crippen molar-refractivity contribution in [2.24, 2.45) is 0 Å². The molecule has 4 nitrogen and oxygen atoms in total. The number of fused-ring (bicyclic) bond motifs is 6. The van der Waals surface area contributed by atoms with Gasteiger partial charge in [0, 0.05) is 27.7 Å². The number of rotatable bonds is 7. The minimum absolute atomic E-state index is 0.598. The zero-order chi connectivity index (χ0) is 37.7. The normalized spacial score (nSPS) is 11.5. The molecule has 9 aromatic carbocycles. The molecule has 0 saturated heterocycles. The molecule has 11 rings (SSSR count). The van der Waals surface area contributed by atoms with Crippen molar-refractivity contribution in [3.63, 3.8) is 0 Å². The lowest BCUT2D eigenvalue weighted by Crippen LogP contribution is -2.10. The van der Waals surface area contributed by atoms with E-state index < -0.39 is 0 Å². The van der Waals surface area contributed by atoms with Gasteiger partial charge in [0.1, 0.15) is 16.7 Å². The number of hydrogen-bond donors (Lipinski definition) is 0. The second kappa shape index (κ2) is 13.6. The highest BCUT2D eigenvalue weighted by atomic mass is 16.4. The zero-order valence-corrected chi connectivity index (χ0v) is 30.8. The van der Waals surface area contributed by atoms with Crippen LogP contribution in [0.25, 0.3) is 88.6 Å². The van der Waals surface area contributed by atoms with Gasteiger partial charge in [0.05, 0.1) is 11.1 Å². The molecule has 0 N–H and O–H groups in total. The second-order valence-corrected chi connectivity index (χ2v) is 14.3. The summed E-state index contributed by atoms with van der Waals surface area (Å²) >= 11 is 0. The Kier molecular flexibility index (Phi) is 7.78. The molecule has 0 bridgehead atoms. The molecule has 4 heteroatoms. The molecule has 2 aromatic heterocycles. The summed E-state index contributed by atoms with van der Waals surface area (Å²) < 4.78 is 12.6. The summed E-state index contributed by atoms with van der Waals surface area (Å²) in [5.74, 6) is 0.598. The monoisotopic (exact) mass is 730 g/mol. The maximum absolute atomic E-state index is 6.33. The topological polar surface area (TPSA) is 42.4 Å². The zero-order valence-electron chi connectivity index (χ0n) is 30.8. The molecule has 0 radical (unpaired) electrons. The molecule has 0 aliphatic carbocycles. The highest BCUT2D eigenvalue weighted by Crippen LogP contribution is 2.43. The van der Waals surface area contributed by atoms with Crippen molar-refractivity contribution in [3.05, 3.63) is 206 Å². The van der Waals surface area contributed by atoms with Gasteiger partial charge >= 0.3 is 0 Å². The average molecular weight is 731 g/mol. The summed E-state index contributed by atoms with van der Waals surface area (Å²) in [5.41, 5.74) is 14.3. The smallest absolute Gasteiger partial charge is 0.227 e. The van der Waals surface area contributed by atoms with Crippen LogP contribution >= 0.6 is 0 Å². The Morgan fingerprint density at radius 1 is 0.351 bits per heavy atom. The van der Waals surface area contributed by atoms with Crippen LogP contribution in [-0.4, -0.2) is 4.98 Å². The average Bonchev–Trinajstić information content (AvgIpc) is 3.90. The number of anilines is 3. The Labute approximate surface area is 329 Å². The van der Waals surface area contributed by atoms with Crippen molar-refractivity contribution < 1.29 is 8.83 Å². The van der Waals surface area contributed by atoms with Crippen molar-refractivity contribution >= 4 is 60.9 Å². The van der Waals surface area contributed by atoms with E-state index in [9.17, 15) is 0 Å². The number of furan rings is 1. The van der Waals surface area contributed by atoms with E-state index >= 15 is 0 Å². The van der Waals surface area contributed by atoms with Crippen LogP contribution in [0.15, 0.2) is 215 Å².